The highest BCUT2D eigenvalue weighted by Gasteiger charge is 2.28. The van der Waals surface area contributed by atoms with Crippen LogP contribution in [0.3, 0.4) is 0 Å². The van der Waals surface area contributed by atoms with Crippen LogP contribution < -0.4 is 4.74 Å². The van der Waals surface area contributed by atoms with Crippen molar-refractivity contribution in [1.29, 1.82) is 0 Å². The number of benzene rings is 1. The largest absolute Gasteiger partial charge is 0.497 e. The molecule has 1 aliphatic heterocycles. The quantitative estimate of drug-likeness (QED) is 0.856. The van der Waals surface area contributed by atoms with Gasteiger partial charge in [0.25, 0.3) is 5.91 Å². The number of aromatic nitrogens is 2. The van der Waals surface area contributed by atoms with Gasteiger partial charge < -0.3 is 9.64 Å². The van der Waals surface area contributed by atoms with Gasteiger partial charge in [0.2, 0.25) is 0 Å². The van der Waals surface area contributed by atoms with Gasteiger partial charge >= 0.3 is 0 Å². The number of carbonyl (C=O) groups is 1. The van der Waals surface area contributed by atoms with Crippen LogP contribution in [0.25, 0.3) is 0 Å². The lowest BCUT2D eigenvalue weighted by molar-refractivity contribution is 0.0732. The Morgan fingerprint density at radius 2 is 2.09 bits per heavy atom. The average Bonchev–Trinajstić information content (AvgIpc) is 2.97. The third-order valence-electron chi connectivity index (χ3n) is 4.17. The first-order valence-corrected chi connectivity index (χ1v) is 7.90. The lowest BCUT2D eigenvalue weighted by Crippen LogP contribution is -2.37. The molecule has 0 radical (unpaired) electrons. The van der Waals surface area contributed by atoms with Gasteiger partial charge in [-0.05, 0) is 39.0 Å². The molecule has 0 bridgehead atoms. The highest BCUT2D eigenvalue weighted by molar-refractivity contribution is 5.94. The summed E-state index contributed by atoms with van der Waals surface area (Å²) in [4.78, 5) is 14.6. The molecule has 122 valence electrons. The number of fused-ring (bicyclic) bond motifs is 1. The van der Waals surface area contributed by atoms with Crippen molar-refractivity contribution in [2.24, 2.45) is 0 Å². The Labute approximate surface area is 136 Å². The standard InChI is InChI=1S/C18H23N3O2/c1-18(2,3)21-16-8-9-20(12-14(16)11-19-21)17(22)13-6-5-7-15(10-13)23-4/h5-7,10-11H,8-9,12H2,1-4H3. The Kier molecular flexibility index (Phi) is 3.88. The van der Waals surface area contributed by atoms with Crippen LogP contribution in [-0.4, -0.2) is 34.2 Å². The maximum atomic E-state index is 12.7. The normalized spacial score (nSPS) is 14.5. The maximum Gasteiger partial charge on any atom is 0.254 e. The molecule has 1 aromatic heterocycles. The molecule has 0 unspecified atom stereocenters. The van der Waals surface area contributed by atoms with Crippen LogP contribution in [0.4, 0.5) is 0 Å². The topological polar surface area (TPSA) is 47.4 Å². The number of ether oxygens (including phenoxy) is 1. The molecular formula is C18H23N3O2. The Morgan fingerprint density at radius 3 is 2.78 bits per heavy atom. The van der Waals surface area contributed by atoms with E-state index in [4.69, 9.17) is 4.74 Å². The zero-order chi connectivity index (χ0) is 16.6. The molecule has 5 heteroatoms. The van der Waals surface area contributed by atoms with E-state index < -0.39 is 0 Å². The van der Waals surface area contributed by atoms with Gasteiger partial charge in [-0.2, -0.15) is 5.10 Å². The molecule has 0 atom stereocenters. The van der Waals surface area contributed by atoms with Gasteiger partial charge in [0.1, 0.15) is 5.75 Å². The minimum Gasteiger partial charge on any atom is -0.497 e. The Morgan fingerprint density at radius 1 is 1.30 bits per heavy atom. The Hall–Kier alpha value is -2.30. The maximum absolute atomic E-state index is 12.7. The number of carbonyl (C=O) groups excluding carboxylic acids is 1. The van der Waals surface area contributed by atoms with Gasteiger partial charge in [-0.3, -0.25) is 9.48 Å². The second-order valence-corrected chi connectivity index (χ2v) is 6.91. The molecule has 3 rings (SSSR count). The van der Waals surface area contributed by atoms with Crippen molar-refractivity contribution in [1.82, 2.24) is 14.7 Å². The van der Waals surface area contributed by atoms with Crippen LogP contribution in [0, 0.1) is 0 Å². The van der Waals surface area contributed by atoms with E-state index in [2.05, 4.69) is 30.6 Å². The van der Waals surface area contributed by atoms with Crippen LogP contribution in [0.2, 0.25) is 0 Å². The van der Waals surface area contributed by atoms with E-state index in [9.17, 15) is 4.79 Å². The summed E-state index contributed by atoms with van der Waals surface area (Å²) in [6, 6.07) is 7.31. The van der Waals surface area contributed by atoms with Crippen molar-refractivity contribution in [2.75, 3.05) is 13.7 Å². The molecule has 0 spiro atoms. The fourth-order valence-corrected chi connectivity index (χ4v) is 3.02. The van der Waals surface area contributed by atoms with Crippen LogP contribution in [0.1, 0.15) is 42.4 Å². The number of rotatable bonds is 2. The van der Waals surface area contributed by atoms with Gasteiger partial charge in [-0.1, -0.05) is 6.07 Å². The summed E-state index contributed by atoms with van der Waals surface area (Å²) in [5, 5.41) is 4.52. The number of methoxy groups -OCH3 is 1. The smallest absolute Gasteiger partial charge is 0.254 e. The monoisotopic (exact) mass is 313 g/mol. The molecule has 0 N–H and O–H groups in total. The van der Waals surface area contributed by atoms with Crippen molar-refractivity contribution < 1.29 is 9.53 Å². The first-order valence-electron chi connectivity index (χ1n) is 7.90. The third-order valence-corrected chi connectivity index (χ3v) is 4.17. The predicted molar refractivity (Wildman–Crippen MR) is 88.7 cm³/mol. The average molecular weight is 313 g/mol. The van der Waals surface area contributed by atoms with E-state index in [-0.39, 0.29) is 11.4 Å². The first-order chi connectivity index (χ1) is 10.9. The van der Waals surface area contributed by atoms with Crippen molar-refractivity contribution in [3.8, 4) is 5.75 Å². The molecular weight excluding hydrogens is 290 g/mol. The zero-order valence-electron chi connectivity index (χ0n) is 14.2. The Balaban J connectivity index is 1.82. The summed E-state index contributed by atoms with van der Waals surface area (Å²) in [5.74, 6) is 0.743. The summed E-state index contributed by atoms with van der Waals surface area (Å²) in [7, 11) is 1.61. The molecule has 1 aliphatic rings. The van der Waals surface area contributed by atoms with E-state index in [0.717, 1.165) is 12.0 Å². The van der Waals surface area contributed by atoms with E-state index in [1.54, 1.807) is 13.2 Å². The summed E-state index contributed by atoms with van der Waals surface area (Å²) in [5.41, 5.74) is 3.01. The van der Waals surface area contributed by atoms with Gasteiger partial charge in [0, 0.05) is 36.3 Å². The van der Waals surface area contributed by atoms with E-state index in [1.807, 2.05) is 29.3 Å². The van der Waals surface area contributed by atoms with Crippen LogP contribution >= 0.6 is 0 Å². The molecule has 0 fully saturated rings. The van der Waals surface area contributed by atoms with Crippen molar-refractivity contribution in [2.45, 2.75) is 39.3 Å². The molecule has 2 aromatic rings. The second-order valence-electron chi connectivity index (χ2n) is 6.91. The SMILES string of the molecule is COc1cccc(C(=O)N2CCc3c(cnn3C(C)(C)C)C2)c1. The molecule has 1 aromatic carbocycles. The summed E-state index contributed by atoms with van der Waals surface area (Å²) in [6.45, 7) is 7.77. The highest BCUT2D eigenvalue weighted by Crippen LogP contribution is 2.25. The number of nitrogens with zero attached hydrogens (tertiary/aromatic N) is 3. The molecule has 5 nitrogen and oxygen atoms in total. The lowest BCUT2D eigenvalue weighted by Gasteiger charge is -2.30. The lowest BCUT2D eigenvalue weighted by atomic mass is 10.0. The molecule has 0 aliphatic carbocycles. The minimum absolute atomic E-state index is 0.0352. The summed E-state index contributed by atoms with van der Waals surface area (Å²) >= 11 is 0. The second kappa shape index (κ2) is 5.72. The number of hydrogen-bond acceptors (Lipinski definition) is 3. The van der Waals surface area contributed by atoms with Crippen LogP contribution in [0.5, 0.6) is 5.75 Å². The van der Waals surface area contributed by atoms with Crippen molar-refractivity contribution in [3.63, 3.8) is 0 Å². The van der Waals surface area contributed by atoms with E-state index in [1.165, 1.54) is 5.69 Å². The van der Waals surface area contributed by atoms with Gasteiger partial charge in [-0.15, -0.1) is 0 Å². The van der Waals surface area contributed by atoms with E-state index in [0.29, 0.717) is 24.4 Å². The van der Waals surface area contributed by atoms with Crippen LogP contribution in [-0.2, 0) is 18.5 Å². The van der Waals surface area contributed by atoms with Crippen LogP contribution in [0.15, 0.2) is 30.5 Å². The zero-order valence-corrected chi connectivity index (χ0v) is 14.2. The Bertz CT molecular complexity index is 728. The van der Waals surface area contributed by atoms with Gasteiger partial charge in [0.15, 0.2) is 0 Å². The minimum atomic E-state index is -0.0352. The predicted octanol–water partition coefficient (Wildman–Crippen LogP) is 2.85. The first kappa shape index (κ1) is 15.6. The molecule has 2 heterocycles. The van der Waals surface area contributed by atoms with E-state index >= 15 is 0 Å². The third kappa shape index (κ3) is 2.96. The number of hydrogen-bond donors (Lipinski definition) is 0. The molecule has 23 heavy (non-hydrogen) atoms. The summed E-state index contributed by atoms with van der Waals surface area (Å²) in [6.07, 6.45) is 2.73. The highest BCUT2D eigenvalue weighted by atomic mass is 16.5. The van der Waals surface area contributed by atoms with Crippen molar-refractivity contribution in [3.05, 3.63) is 47.3 Å². The molecule has 0 saturated carbocycles. The molecule has 1 amide bonds. The molecule has 0 saturated heterocycles. The number of amides is 1. The fraction of sp³-hybridized carbons (Fsp3) is 0.444. The van der Waals surface area contributed by atoms with Crippen molar-refractivity contribution >= 4 is 5.91 Å². The van der Waals surface area contributed by atoms with Gasteiger partial charge in [-0.25, -0.2) is 0 Å². The fourth-order valence-electron chi connectivity index (χ4n) is 3.02. The summed E-state index contributed by atoms with van der Waals surface area (Å²) < 4.78 is 7.28. The van der Waals surface area contributed by atoms with Gasteiger partial charge in [0.05, 0.1) is 18.8 Å².